The summed E-state index contributed by atoms with van der Waals surface area (Å²) < 4.78 is 31.3. The molecule has 3 aromatic carbocycles. The van der Waals surface area contributed by atoms with E-state index in [1.165, 1.54) is 31.2 Å². The fourth-order valence-electron chi connectivity index (χ4n) is 7.39. The molecule has 16 heteroatoms. The van der Waals surface area contributed by atoms with Crippen molar-refractivity contribution in [3.05, 3.63) is 102 Å². The number of hydrogen-bond donors (Lipinski definition) is 6. The Morgan fingerprint density at radius 2 is 1.60 bits per heavy atom. The Morgan fingerprint density at radius 1 is 0.927 bits per heavy atom. The van der Waals surface area contributed by atoms with E-state index in [-0.39, 0.29) is 42.0 Å². The fourth-order valence-corrected chi connectivity index (χ4v) is 8.65. The minimum atomic E-state index is -3.88. The summed E-state index contributed by atoms with van der Waals surface area (Å²) in [7, 11) is -3.88. The molecule has 1 saturated heterocycles. The third-order valence-corrected chi connectivity index (χ3v) is 11.8. The van der Waals surface area contributed by atoms with Crippen LogP contribution in [0.5, 0.6) is 0 Å². The second kappa shape index (κ2) is 16.1. The van der Waals surface area contributed by atoms with Crippen LogP contribution >= 0.6 is 0 Å². The lowest BCUT2D eigenvalue weighted by Crippen LogP contribution is -2.42. The van der Waals surface area contributed by atoms with Gasteiger partial charge in [0.05, 0.1) is 23.3 Å². The highest BCUT2D eigenvalue weighted by Gasteiger charge is 2.44. The molecule has 2 amide bonds. The summed E-state index contributed by atoms with van der Waals surface area (Å²) in [5.41, 5.74) is 3.60. The van der Waals surface area contributed by atoms with E-state index < -0.39 is 40.4 Å². The van der Waals surface area contributed by atoms with Gasteiger partial charge in [-0.1, -0.05) is 67.6 Å². The quantitative estimate of drug-likeness (QED) is 0.103. The zero-order chi connectivity index (χ0) is 38.7. The predicted octanol–water partition coefficient (Wildman–Crippen LogP) is 3.15. The fraction of sp³-hybridized carbons (Fsp3) is 0.359. The van der Waals surface area contributed by atoms with E-state index in [2.05, 4.69) is 44.9 Å². The summed E-state index contributed by atoms with van der Waals surface area (Å²) in [6, 6.07) is 24.5. The largest absolute Gasteiger partial charge is 0.388 e. The molecule has 1 saturated carbocycles. The SMILES string of the molecule is CCC(=O)N[C@H]1C[C@@H](n2cnc3c(NCC(c4ccccc4)c4ccccc4)nc(N4CC[C@@H](NS(=O)(=O)c5ccc(NC(C)=O)cc5)C4)nc32)[C@H](O)[C@@H]1O. The number of aliphatic hydroxyl groups excluding tert-OH is 2. The number of amides is 2. The molecule has 5 atom stereocenters. The summed E-state index contributed by atoms with van der Waals surface area (Å²) in [6.45, 7) is 4.31. The Bertz CT molecular complexity index is 2200. The third kappa shape index (κ3) is 8.32. The van der Waals surface area contributed by atoms with Crippen molar-refractivity contribution < 1.29 is 28.2 Å². The van der Waals surface area contributed by atoms with Crippen LogP contribution < -0.4 is 25.6 Å². The molecular weight excluding hydrogens is 723 g/mol. The van der Waals surface area contributed by atoms with Gasteiger partial charge < -0.3 is 35.6 Å². The molecule has 2 fully saturated rings. The van der Waals surface area contributed by atoms with Crippen LogP contribution in [0, 0.1) is 0 Å². The zero-order valence-electron chi connectivity index (χ0n) is 30.5. The van der Waals surface area contributed by atoms with Crippen molar-refractivity contribution in [1.29, 1.82) is 0 Å². The number of carbonyl (C=O) groups is 2. The van der Waals surface area contributed by atoms with Crippen LogP contribution in [0.25, 0.3) is 11.2 Å². The van der Waals surface area contributed by atoms with Gasteiger partial charge >= 0.3 is 0 Å². The summed E-state index contributed by atoms with van der Waals surface area (Å²) in [5, 5.41) is 31.1. The zero-order valence-corrected chi connectivity index (χ0v) is 31.4. The molecule has 288 valence electrons. The van der Waals surface area contributed by atoms with Gasteiger partial charge in [0.25, 0.3) is 0 Å². The number of aliphatic hydroxyl groups is 2. The van der Waals surface area contributed by atoms with E-state index in [4.69, 9.17) is 15.0 Å². The number of hydrogen-bond acceptors (Lipinski definition) is 11. The van der Waals surface area contributed by atoms with Gasteiger partial charge in [-0.25, -0.2) is 18.1 Å². The summed E-state index contributed by atoms with van der Waals surface area (Å²) in [6.07, 6.45) is 0.169. The van der Waals surface area contributed by atoms with E-state index in [1.54, 1.807) is 17.8 Å². The van der Waals surface area contributed by atoms with E-state index in [1.807, 2.05) is 41.3 Å². The van der Waals surface area contributed by atoms with Crippen molar-refractivity contribution in [2.75, 3.05) is 35.2 Å². The van der Waals surface area contributed by atoms with Crippen LogP contribution in [0.3, 0.4) is 0 Å². The van der Waals surface area contributed by atoms with Crippen LogP contribution in [0.2, 0.25) is 0 Å². The molecule has 0 bridgehead atoms. The van der Waals surface area contributed by atoms with Gasteiger partial charge in [-0.15, -0.1) is 0 Å². The van der Waals surface area contributed by atoms with Crippen molar-refractivity contribution in [2.24, 2.45) is 0 Å². The lowest BCUT2D eigenvalue weighted by Gasteiger charge is -2.22. The molecule has 1 aliphatic heterocycles. The summed E-state index contributed by atoms with van der Waals surface area (Å²) >= 11 is 0. The number of benzene rings is 3. The Balaban J connectivity index is 1.19. The van der Waals surface area contributed by atoms with Crippen molar-refractivity contribution in [1.82, 2.24) is 29.6 Å². The van der Waals surface area contributed by atoms with Crippen LogP contribution in [-0.2, 0) is 19.6 Å². The second-order valence-corrected chi connectivity index (χ2v) is 15.7. The van der Waals surface area contributed by atoms with Gasteiger partial charge in [-0.05, 0) is 48.2 Å². The minimum absolute atomic E-state index is 0.0365. The number of sulfonamides is 1. The van der Waals surface area contributed by atoms with E-state index >= 15 is 0 Å². The van der Waals surface area contributed by atoms with E-state index in [0.717, 1.165) is 11.1 Å². The molecule has 1 aliphatic carbocycles. The molecule has 2 aromatic heterocycles. The molecule has 55 heavy (non-hydrogen) atoms. The lowest BCUT2D eigenvalue weighted by molar-refractivity contribution is -0.122. The first-order valence-electron chi connectivity index (χ1n) is 18.4. The standard InChI is InChI=1S/C39H45N9O6S/c1-3-33(50)43-31-20-32(36(52)35(31)51)48-23-41-34-37(40-21-30(25-10-6-4-7-11-25)26-12-8-5-9-13-26)44-39(45-38(34)48)47-19-18-28(22-47)46-55(53,54)29-16-14-27(15-17-29)42-24(2)49/h4-17,23,28,30-32,35-36,46,51-52H,3,18-22H2,1-2H3,(H,42,49)(H,43,50)(H,40,44,45)/t28-,31+,32-,35-,36+/m1/s1. The maximum atomic E-state index is 13.4. The van der Waals surface area contributed by atoms with Crippen LogP contribution in [0.4, 0.5) is 17.5 Å². The maximum absolute atomic E-state index is 13.4. The van der Waals surface area contributed by atoms with E-state index in [9.17, 15) is 28.2 Å². The van der Waals surface area contributed by atoms with Crippen LogP contribution in [-0.4, -0.2) is 93.9 Å². The minimum Gasteiger partial charge on any atom is -0.388 e. The molecule has 15 nitrogen and oxygen atoms in total. The maximum Gasteiger partial charge on any atom is 0.240 e. The average molecular weight is 768 g/mol. The molecule has 3 heterocycles. The molecule has 0 radical (unpaired) electrons. The Kier molecular flexibility index (Phi) is 11.1. The Hall–Kier alpha value is -5.42. The van der Waals surface area contributed by atoms with Gasteiger partial charge in [0.15, 0.2) is 17.0 Å². The highest BCUT2D eigenvalue weighted by molar-refractivity contribution is 7.89. The van der Waals surface area contributed by atoms with Crippen molar-refractivity contribution >= 4 is 50.5 Å². The van der Waals surface area contributed by atoms with Gasteiger partial charge in [-0.3, -0.25) is 9.59 Å². The number of nitrogens with zero attached hydrogens (tertiary/aromatic N) is 5. The number of aromatic nitrogens is 4. The van der Waals surface area contributed by atoms with Crippen LogP contribution in [0.1, 0.15) is 56.2 Å². The molecule has 5 aromatic rings. The van der Waals surface area contributed by atoms with E-state index in [0.29, 0.717) is 48.1 Å². The average Bonchev–Trinajstić information content (AvgIpc) is 3.90. The summed E-state index contributed by atoms with van der Waals surface area (Å²) in [4.78, 5) is 40.2. The van der Waals surface area contributed by atoms with Crippen molar-refractivity contribution in [2.45, 2.75) is 74.3 Å². The normalized spacial score (nSPS) is 21.3. The first-order chi connectivity index (χ1) is 26.5. The number of nitrogens with one attached hydrogen (secondary N) is 4. The number of fused-ring (bicyclic) bond motifs is 1. The monoisotopic (exact) mass is 767 g/mol. The predicted molar refractivity (Wildman–Crippen MR) is 208 cm³/mol. The molecule has 7 rings (SSSR count). The molecule has 6 N–H and O–H groups in total. The molecule has 0 unspecified atom stereocenters. The van der Waals surface area contributed by atoms with Crippen LogP contribution in [0.15, 0.2) is 96.2 Å². The first kappa shape index (κ1) is 37.9. The van der Waals surface area contributed by atoms with Crippen molar-refractivity contribution in [3.8, 4) is 0 Å². The molecular formula is C39H45N9O6S. The lowest BCUT2D eigenvalue weighted by atomic mass is 9.91. The molecule has 2 aliphatic rings. The number of rotatable bonds is 13. The Labute approximate surface area is 319 Å². The molecule has 0 spiro atoms. The first-order valence-corrected chi connectivity index (χ1v) is 19.9. The second-order valence-electron chi connectivity index (χ2n) is 14.0. The number of carbonyl (C=O) groups excluding carboxylic acids is 2. The smallest absolute Gasteiger partial charge is 0.240 e. The topological polar surface area (TPSA) is 204 Å². The van der Waals surface area contributed by atoms with Gasteiger partial charge in [0.1, 0.15) is 12.2 Å². The Morgan fingerprint density at radius 3 is 2.24 bits per heavy atom. The number of imidazole rings is 1. The third-order valence-electron chi connectivity index (χ3n) is 10.2. The highest BCUT2D eigenvalue weighted by atomic mass is 32.2. The van der Waals surface area contributed by atoms with Gasteiger partial charge in [0.2, 0.25) is 27.8 Å². The van der Waals surface area contributed by atoms with Crippen molar-refractivity contribution in [3.63, 3.8) is 0 Å². The van der Waals surface area contributed by atoms with Gasteiger partial charge in [0, 0.05) is 50.6 Å². The highest BCUT2D eigenvalue weighted by Crippen LogP contribution is 2.36. The summed E-state index contributed by atoms with van der Waals surface area (Å²) in [5.74, 6) is 0.290. The van der Waals surface area contributed by atoms with Gasteiger partial charge in [-0.2, -0.15) is 9.97 Å². The number of anilines is 3.